The van der Waals surface area contributed by atoms with E-state index in [1.807, 2.05) is 0 Å². The third-order valence-corrected chi connectivity index (χ3v) is 2.59. The lowest BCUT2D eigenvalue weighted by Gasteiger charge is -2.13. The van der Waals surface area contributed by atoms with Gasteiger partial charge in [0.25, 0.3) is 0 Å². The first-order valence-electron chi connectivity index (χ1n) is 5.25. The first-order valence-corrected chi connectivity index (χ1v) is 5.25. The summed E-state index contributed by atoms with van der Waals surface area (Å²) in [6, 6.07) is 0. The number of carbonyl (C=O) groups is 2. The molecule has 16 heavy (non-hydrogen) atoms. The molecule has 0 aromatic heterocycles. The molecule has 1 rings (SSSR count). The predicted octanol–water partition coefficient (Wildman–Crippen LogP) is 0.0802. The zero-order valence-electron chi connectivity index (χ0n) is 9.60. The molecule has 6 heteroatoms. The van der Waals surface area contributed by atoms with Gasteiger partial charge in [0.05, 0.1) is 0 Å². The number of amides is 1. The molecule has 1 amide bonds. The average molecular weight is 227 g/mol. The molecule has 0 aromatic carbocycles. The third kappa shape index (κ3) is 3.52. The molecule has 6 nitrogen and oxygen atoms in total. The van der Waals surface area contributed by atoms with Crippen LogP contribution in [0.3, 0.4) is 0 Å². The van der Waals surface area contributed by atoms with Crippen LogP contribution in [0.25, 0.3) is 0 Å². The third-order valence-electron chi connectivity index (χ3n) is 2.59. The molecule has 1 aliphatic heterocycles. The number of carbonyl (C=O) groups excluding carboxylic acids is 2. The van der Waals surface area contributed by atoms with E-state index in [1.54, 1.807) is 11.9 Å². The van der Waals surface area contributed by atoms with Crippen molar-refractivity contribution in [2.75, 3.05) is 13.6 Å². The average Bonchev–Trinajstić information content (AvgIpc) is 2.38. The van der Waals surface area contributed by atoms with Crippen LogP contribution in [0.1, 0.15) is 26.2 Å². The van der Waals surface area contributed by atoms with Crippen molar-refractivity contribution in [3.63, 3.8) is 0 Å². The van der Waals surface area contributed by atoms with E-state index in [0.29, 0.717) is 6.42 Å². The number of nitrogens with zero attached hydrogens (tertiary/aromatic N) is 2. The van der Waals surface area contributed by atoms with Crippen LogP contribution in [0.5, 0.6) is 0 Å². The first-order chi connectivity index (χ1) is 7.50. The second-order valence-electron chi connectivity index (χ2n) is 3.96. The van der Waals surface area contributed by atoms with Gasteiger partial charge in [0, 0.05) is 32.9 Å². The minimum absolute atomic E-state index is 0.0449. The van der Waals surface area contributed by atoms with E-state index in [-0.39, 0.29) is 17.7 Å². The Hall–Kier alpha value is -1.59. The molecule has 0 spiro atoms. The van der Waals surface area contributed by atoms with Gasteiger partial charge in [0.1, 0.15) is 5.84 Å². The monoisotopic (exact) mass is 227 g/mol. The second-order valence-corrected chi connectivity index (χ2v) is 3.96. The van der Waals surface area contributed by atoms with Crippen molar-refractivity contribution in [3.8, 4) is 0 Å². The van der Waals surface area contributed by atoms with Crippen LogP contribution in [0, 0.1) is 5.92 Å². The van der Waals surface area contributed by atoms with E-state index in [4.69, 9.17) is 5.73 Å². The standard InChI is InChI=1S/C10H17N3O3/c1-7(14)16-12-10(11)8-4-3-5-13(2)9(15)6-8/h8H,3-6H2,1-2H3,(H2,11,12). The fourth-order valence-electron chi connectivity index (χ4n) is 1.61. The Morgan fingerprint density at radius 2 is 2.31 bits per heavy atom. The van der Waals surface area contributed by atoms with Crippen molar-refractivity contribution >= 4 is 17.7 Å². The maximum atomic E-state index is 11.6. The number of amidine groups is 1. The summed E-state index contributed by atoms with van der Waals surface area (Å²) in [5, 5.41) is 3.52. The van der Waals surface area contributed by atoms with Crippen LogP contribution < -0.4 is 5.73 Å². The summed E-state index contributed by atoms with van der Waals surface area (Å²) in [5.74, 6) is -0.376. The van der Waals surface area contributed by atoms with E-state index in [9.17, 15) is 9.59 Å². The molecule has 1 aliphatic rings. The van der Waals surface area contributed by atoms with Gasteiger partial charge >= 0.3 is 5.97 Å². The number of nitrogens with two attached hydrogens (primary N) is 1. The van der Waals surface area contributed by atoms with Crippen LogP contribution >= 0.6 is 0 Å². The number of hydrogen-bond acceptors (Lipinski definition) is 4. The molecule has 0 radical (unpaired) electrons. The minimum Gasteiger partial charge on any atom is -0.384 e. The lowest BCUT2D eigenvalue weighted by Crippen LogP contribution is -2.29. The van der Waals surface area contributed by atoms with Gasteiger partial charge in [-0.2, -0.15) is 0 Å². The van der Waals surface area contributed by atoms with Crippen LogP contribution in [0.15, 0.2) is 5.16 Å². The molecular weight excluding hydrogens is 210 g/mol. The van der Waals surface area contributed by atoms with Crippen molar-refractivity contribution < 1.29 is 14.4 Å². The molecule has 1 heterocycles. The molecule has 0 aliphatic carbocycles. The van der Waals surface area contributed by atoms with Crippen molar-refractivity contribution in [2.45, 2.75) is 26.2 Å². The Morgan fingerprint density at radius 1 is 1.62 bits per heavy atom. The molecule has 1 atom stereocenters. The molecule has 2 N–H and O–H groups in total. The predicted molar refractivity (Wildman–Crippen MR) is 58.4 cm³/mol. The Labute approximate surface area is 94.4 Å². The van der Waals surface area contributed by atoms with Gasteiger partial charge in [-0.3, -0.25) is 4.79 Å². The normalized spacial score (nSPS) is 22.9. The second kappa shape index (κ2) is 5.48. The zero-order chi connectivity index (χ0) is 12.1. The molecule has 0 aromatic rings. The van der Waals surface area contributed by atoms with Crippen LogP contribution in [0.2, 0.25) is 0 Å². The smallest absolute Gasteiger partial charge is 0.332 e. The topological polar surface area (TPSA) is 85.0 Å². The number of rotatable bonds is 2. The SMILES string of the molecule is CC(=O)O/N=C(\N)C1CCCN(C)C(=O)C1. The summed E-state index contributed by atoms with van der Waals surface area (Å²) in [6.45, 7) is 1.99. The van der Waals surface area contributed by atoms with E-state index in [1.165, 1.54) is 6.92 Å². The first kappa shape index (κ1) is 12.5. The van der Waals surface area contributed by atoms with Gasteiger partial charge in [0.15, 0.2) is 0 Å². The number of likely N-dealkylation sites (tertiary alicyclic amines) is 1. The number of oxime groups is 1. The lowest BCUT2D eigenvalue weighted by atomic mass is 9.99. The largest absolute Gasteiger partial charge is 0.384 e. The van der Waals surface area contributed by atoms with Gasteiger partial charge in [-0.05, 0) is 12.8 Å². The van der Waals surface area contributed by atoms with Gasteiger partial charge in [0.2, 0.25) is 5.91 Å². The molecular formula is C10H17N3O3. The van der Waals surface area contributed by atoms with Gasteiger partial charge < -0.3 is 15.5 Å². The van der Waals surface area contributed by atoms with Crippen molar-refractivity contribution in [3.05, 3.63) is 0 Å². The van der Waals surface area contributed by atoms with E-state index < -0.39 is 5.97 Å². The highest BCUT2D eigenvalue weighted by molar-refractivity contribution is 5.88. The highest BCUT2D eigenvalue weighted by Gasteiger charge is 2.24. The molecule has 1 saturated heterocycles. The van der Waals surface area contributed by atoms with Crippen molar-refractivity contribution in [1.29, 1.82) is 0 Å². The Kier molecular flexibility index (Phi) is 4.28. The van der Waals surface area contributed by atoms with Crippen molar-refractivity contribution in [1.82, 2.24) is 4.90 Å². The Balaban J connectivity index is 2.61. The van der Waals surface area contributed by atoms with Crippen LogP contribution in [0.4, 0.5) is 0 Å². The zero-order valence-corrected chi connectivity index (χ0v) is 9.60. The fraction of sp³-hybridized carbons (Fsp3) is 0.700. The van der Waals surface area contributed by atoms with Gasteiger partial charge in [-0.15, -0.1) is 0 Å². The number of hydrogen-bond donors (Lipinski definition) is 1. The summed E-state index contributed by atoms with van der Waals surface area (Å²) in [5.41, 5.74) is 5.68. The van der Waals surface area contributed by atoms with E-state index in [2.05, 4.69) is 9.99 Å². The fourth-order valence-corrected chi connectivity index (χ4v) is 1.61. The Morgan fingerprint density at radius 3 is 2.94 bits per heavy atom. The van der Waals surface area contributed by atoms with Crippen LogP contribution in [-0.2, 0) is 14.4 Å². The lowest BCUT2D eigenvalue weighted by molar-refractivity contribution is -0.141. The summed E-state index contributed by atoms with van der Waals surface area (Å²) in [4.78, 5) is 28.3. The summed E-state index contributed by atoms with van der Waals surface area (Å²) >= 11 is 0. The Bertz CT molecular complexity index is 314. The van der Waals surface area contributed by atoms with Gasteiger partial charge in [-0.25, -0.2) is 4.79 Å². The van der Waals surface area contributed by atoms with E-state index in [0.717, 1.165) is 19.4 Å². The maximum absolute atomic E-state index is 11.6. The van der Waals surface area contributed by atoms with Gasteiger partial charge in [-0.1, -0.05) is 5.16 Å². The molecule has 0 bridgehead atoms. The quantitative estimate of drug-likeness (QED) is 0.313. The highest BCUT2D eigenvalue weighted by Crippen LogP contribution is 2.17. The highest BCUT2D eigenvalue weighted by atomic mass is 16.7. The maximum Gasteiger partial charge on any atom is 0.332 e. The minimum atomic E-state index is -0.514. The van der Waals surface area contributed by atoms with Crippen LogP contribution in [-0.4, -0.2) is 36.2 Å². The summed E-state index contributed by atoms with van der Waals surface area (Å²) in [7, 11) is 1.77. The molecule has 0 saturated carbocycles. The molecule has 1 fully saturated rings. The molecule has 90 valence electrons. The molecule has 1 unspecified atom stereocenters. The summed E-state index contributed by atoms with van der Waals surface area (Å²) < 4.78 is 0. The summed E-state index contributed by atoms with van der Waals surface area (Å²) in [6.07, 6.45) is 1.99. The van der Waals surface area contributed by atoms with Crippen molar-refractivity contribution in [2.24, 2.45) is 16.8 Å². The van der Waals surface area contributed by atoms with E-state index >= 15 is 0 Å².